The summed E-state index contributed by atoms with van der Waals surface area (Å²) >= 11 is 6.17. The number of pyridine rings is 1. The Kier molecular flexibility index (Phi) is 12.3. The van der Waals surface area contributed by atoms with Crippen LogP contribution in [0.2, 0.25) is 5.02 Å². The number of halogens is 1. The molecular weight excluding hydrogens is 690 g/mol. The number of carbonyl (C=O) groups is 3. The van der Waals surface area contributed by atoms with Crippen LogP contribution in [0.3, 0.4) is 0 Å². The van der Waals surface area contributed by atoms with Crippen molar-refractivity contribution in [1.29, 1.82) is 0 Å². The third-order valence-electron chi connectivity index (χ3n) is 14.3. The second-order valence-corrected chi connectivity index (χ2v) is 17.9. The van der Waals surface area contributed by atoms with Crippen molar-refractivity contribution in [1.82, 2.24) is 9.88 Å². The molecule has 4 unspecified atom stereocenters. The first kappa shape index (κ1) is 39.8. The highest BCUT2D eigenvalue weighted by molar-refractivity contribution is 6.31. The Balaban J connectivity index is 1.09. The van der Waals surface area contributed by atoms with Crippen LogP contribution < -0.4 is 5.32 Å². The number of rotatable bonds is 13. The van der Waals surface area contributed by atoms with Crippen molar-refractivity contribution in [3.05, 3.63) is 35.5 Å². The van der Waals surface area contributed by atoms with E-state index in [2.05, 4.69) is 43.0 Å². The Hall–Kier alpha value is -2.91. The predicted molar refractivity (Wildman–Crippen MR) is 208 cm³/mol. The molecule has 0 saturated heterocycles. The molecule has 1 aromatic heterocycles. The van der Waals surface area contributed by atoms with Gasteiger partial charge in [-0.1, -0.05) is 32.4 Å². The maximum Gasteiger partial charge on any atom is 0.302 e. The molecule has 6 rings (SSSR count). The molecule has 10 heteroatoms. The quantitative estimate of drug-likeness (QED) is 0.122. The number of carbonyl (C=O) groups excluding carboxylic acids is 3. The summed E-state index contributed by atoms with van der Waals surface area (Å²) in [6.45, 7) is 14.7. The maximum atomic E-state index is 12.7. The minimum absolute atomic E-state index is 0.00188. The summed E-state index contributed by atoms with van der Waals surface area (Å²) in [5, 5.41) is 5.37. The van der Waals surface area contributed by atoms with Gasteiger partial charge in [0.05, 0.1) is 5.52 Å². The van der Waals surface area contributed by atoms with Crippen LogP contribution in [0.15, 0.2) is 30.5 Å². The van der Waals surface area contributed by atoms with Gasteiger partial charge in [0.1, 0.15) is 18.3 Å². The Morgan fingerprint density at radius 3 is 2.42 bits per heavy atom. The van der Waals surface area contributed by atoms with Gasteiger partial charge in [-0.3, -0.25) is 19.4 Å². The fraction of sp³-hybridized carbons (Fsp3) is 0.721. The molecule has 11 atom stereocenters. The summed E-state index contributed by atoms with van der Waals surface area (Å²) in [5.74, 6) is 1.27. The van der Waals surface area contributed by atoms with Gasteiger partial charge in [0.15, 0.2) is 0 Å². The smallest absolute Gasteiger partial charge is 0.302 e. The van der Waals surface area contributed by atoms with Gasteiger partial charge in [-0.25, -0.2) is 0 Å². The van der Waals surface area contributed by atoms with Crippen molar-refractivity contribution < 1.29 is 28.6 Å². The van der Waals surface area contributed by atoms with Crippen molar-refractivity contribution in [3.8, 4) is 0 Å². The monoisotopic (exact) mass is 751 g/mol. The van der Waals surface area contributed by atoms with E-state index in [1.54, 1.807) is 6.92 Å². The Morgan fingerprint density at radius 1 is 0.943 bits per heavy atom. The van der Waals surface area contributed by atoms with E-state index < -0.39 is 0 Å². The van der Waals surface area contributed by atoms with E-state index in [0.29, 0.717) is 22.8 Å². The Labute approximate surface area is 321 Å². The lowest BCUT2D eigenvalue weighted by atomic mass is 9.43. The number of nitrogens with one attached hydrogen (secondary N) is 1. The van der Waals surface area contributed by atoms with Crippen LogP contribution in [-0.2, 0) is 28.6 Å². The molecule has 2 aromatic rings. The van der Waals surface area contributed by atoms with E-state index in [0.717, 1.165) is 100 Å². The molecular formula is C43H62ClN3O6. The molecule has 0 spiro atoms. The maximum absolute atomic E-state index is 12.7. The first-order chi connectivity index (χ1) is 25.2. The van der Waals surface area contributed by atoms with Gasteiger partial charge in [-0.15, -0.1) is 0 Å². The third kappa shape index (κ3) is 8.36. The number of benzene rings is 1. The standard InChI is InChI=1S/C43H62ClN3O6/c1-26(10-8-20-47(7)21-9-18-45-37-16-19-46-38-24-31(44)11-12-33(37)38)34-13-14-35-41-36(25-40(43(34,35)6)53-29(4)50)42(5)17-15-32(51-27(2)48)22-30(42)23-39(41)52-28(3)49/h11-12,16,19,24,26,30,32,34-36,39-41H,8-10,13-15,17-18,20-23,25H2,1-7H3,(H,45,46)/t26?,30-,32+,34+,35?,36?,39+,40-,41?,42-,43+/m0/s1. The molecule has 4 fully saturated rings. The van der Waals surface area contributed by atoms with Gasteiger partial charge in [0.2, 0.25) is 0 Å². The number of esters is 3. The summed E-state index contributed by atoms with van der Waals surface area (Å²) in [5.41, 5.74) is 1.79. The van der Waals surface area contributed by atoms with Crippen molar-refractivity contribution >= 4 is 46.1 Å². The van der Waals surface area contributed by atoms with Crippen molar-refractivity contribution in [2.24, 2.45) is 46.3 Å². The Bertz CT molecular complexity index is 1640. The van der Waals surface area contributed by atoms with Gasteiger partial charge < -0.3 is 24.4 Å². The molecule has 4 aliphatic rings. The zero-order valence-electron chi connectivity index (χ0n) is 33.0. The van der Waals surface area contributed by atoms with Crippen LogP contribution in [0.4, 0.5) is 5.69 Å². The predicted octanol–water partition coefficient (Wildman–Crippen LogP) is 8.71. The van der Waals surface area contributed by atoms with E-state index in [1.807, 2.05) is 30.5 Å². The number of nitrogens with zero attached hydrogens (tertiary/aromatic N) is 2. The van der Waals surface area contributed by atoms with Gasteiger partial charge >= 0.3 is 17.9 Å². The van der Waals surface area contributed by atoms with Crippen molar-refractivity contribution in [3.63, 3.8) is 0 Å². The first-order valence-electron chi connectivity index (χ1n) is 20.2. The fourth-order valence-corrected chi connectivity index (χ4v) is 12.1. The number of anilines is 1. The zero-order valence-corrected chi connectivity index (χ0v) is 33.8. The minimum atomic E-state index is -0.236. The van der Waals surface area contributed by atoms with Crippen LogP contribution in [0, 0.1) is 46.3 Å². The fourth-order valence-electron chi connectivity index (χ4n) is 12.0. The Morgan fingerprint density at radius 2 is 1.68 bits per heavy atom. The molecule has 292 valence electrons. The van der Waals surface area contributed by atoms with Crippen LogP contribution in [0.5, 0.6) is 0 Å². The molecule has 53 heavy (non-hydrogen) atoms. The molecule has 4 aliphatic carbocycles. The SMILES string of the molecule is CC(=O)O[C@@H]1CC[C@]2(C)C3C[C@H](OC(C)=O)[C@@]4(C)C(CC[C@@H]4C(C)CCCN(C)CCCNc4ccnc5cc(Cl)ccc45)C3[C@H](OC(C)=O)C[C@@H]2C1. The summed E-state index contributed by atoms with van der Waals surface area (Å²) in [6.07, 6.45) is 11.0. The minimum Gasteiger partial charge on any atom is -0.463 e. The van der Waals surface area contributed by atoms with E-state index in [-0.39, 0.29) is 64.8 Å². The van der Waals surface area contributed by atoms with E-state index in [1.165, 1.54) is 13.8 Å². The van der Waals surface area contributed by atoms with E-state index in [4.69, 9.17) is 25.8 Å². The van der Waals surface area contributed by atoms with E-state index in [9.17, 15) is 14.4 Å². The second-order valence-electron chi connectivity index (χ2n) is 17.5. The van der Waals surface area contributed by atoms with Crippen molar-refractivity contribution in [2.45, 2.75) is 124 Å². The molecule has 1 aromatic carbocycles. The summed E-state index contributed by atoms with van der Waals surface area (Å²) in [6, 6.07) is 7.85. The molecule has 4 saturated carbocycles. The highest BCUT2D eigenvalue weighted by Gasteiger charge is 2.67. The number of ether oxygens (including phenoxy) is 3. The summed E-state index contributed by atoms with van der Waals surface area (Å²) in [4.78, 5) is 44.1. The van der Waals surface area contributed by atoms with Gasteiger partial charge in [0.25, 0.3) is 0 Å². The lowest BCUT2D eigenvalue weighted by molar-refractivity contribution is -0.224. The number of hydrogen-bond acceptors (Lipinski definition) is 9. The van der Waals surface area contributed by atoms with Gasteiger partial charge in [-0.05, 0) is 144 Å². The average molecular weight is 752 g/mol. The average Bonchev–Trinajstić information content (AvgIpc) is 3.45. The molecule has 0 aliphatic heterocycles. The normalized spacial score (nSPS) is 34.1. The molecule has 0 bridgehead atoms. The summed E-state index contributed by atoms with van der Waals surface area (Å²) in [7, 11) is 2.21. The van der Waals surface area contributed by atoms with Gasteiger partial charge in [-0.2, -0.15) is 0 Å². The van der Waals surface area contributed by atoms with Gasteiger partial charge in [0, 0.05) is 60.9 Å². The molecule has 0 amide bonds. The summed E-state index contributed by atoms with van der Waals surface area (Å²) < 4.78 is 18.3. The third-order valence-corrected chi connectivity index (χ3v) is 14.6. The van der Waals surface area contributed by atoms with Crippen LogP contribution in [-0.4, -0.2) is 72.8 Å². The molecule has 0 radical (unpaired) electrons. The lowest BCUT2D eigenvalue weighted by Crippen LogP contribution is -2.63. The first-order valence-corrected chi connectivity index (χ1v) is 20.6. The lowest BCUT2D eigenvalue weighted by Gasteiger charge is -2.64. The highest BCUT2D eigenvalue weighted by atomic mass is 35.5. The van der Waals surface area contributed by atoms with Crippen LogP contribution in [0.1, 0.15) is 106 Å². The molecule has 1 N–H and O–H groups in total. The number of hydrogen-bond donors (Lipinski definition) is 1. The van der Waals surface area contributed by atoms with Crippen molar-refractivity contribution in [2.75, 3.05) is 32.0 Å². The number of fused-ring (bicyclic) bond motifs is 6. The molecule has 9 nitrogen and oxygen atoms in total. The number of aromatic nitrogens is 1. The topological polar surface area (TPSA) is 107 Å². The van der Waals surface area contributed by atoms with Crippen LogP contribution >= 0.6 is 11.6 Å². The highest BCUT2D eigenvalue weighted by Crippen LogP contribution is 2.69. The van der Waals surface area contributed by atoms with E-state index >= 15 is 0 Å². The largest absolute Gasteiger partial charge is 0.463 e. The second kappa shape index (κ2) is 16.4. The van der Waals surface area contributed by atoms with Crippen LogP contribution in [0.25, 0.3) is 10.9 Å². The molecule has 1 heterocycles. The zero-order chi connectivity index (χ0) is 38.1.